The molecular weight excluding hydrogens is 290 g/mol. The van der Waals surface area contributed by atoms with Crippen molar-refractivity contribution >= 4 is 33.3 Å². The number of nitrogens with zero attached hydrogens (tertiary/aromatic N) is 2. The van der Waals surface area contributed by atoms with Crippen molar-refractivity contribution in [2.45, 2.75) is 6.54 Å². The number of halogens is 1. The monoisotopic (exact) mass is 303 g/mol. The summed E-state index contributed by atoms with van der Waals surface area (Å²) in [7, 11) is 1.79. The molecule has 1 heterocycles. The van der Waals surface area contributed by atoms with Crippen molar-refractivity contribution in [2.24, 2.45) is 0 Å². The predicted molar refractivity (Wildman–Crippen MR) is 71.1 cm³/mol. The third-order valence-electron chi connectivity index (χ3n) is 1.77. The van der Waals surface area contributed by atoms with Crippen LogP contribution in [-0.2, 0) is 6.54 Å². The van der Waals surface area contributed by atoms with Gasteiger partial charge in [-0.15, -0.1) is 0 Å². The van der Waals surface area contributed by atoms with Crippen molar-refractivity contribution in [1.29, 1.82) is 0 Å². The summed E-state index contributed by atoms with van der Waals surface area (Å²) in [5.74, 6) is 0.777. The van der Waals surface area contributed by atoms with Crippen molar-refractivity contribution in [3.63, 3.8) is 0 Å². The van der Waals surface area contributed by atoms with Gasteiger partial charge in [-0.25, -0.2) is 9.97 Å². The van der Waals surface area contributed by atoms with Gasteiger partial charge in [0.1, 0.15) is 5.82 Å². The lowest BCUT2D eigenvalue weighted by atomic mass is 10.5. The molecule has 0 spiro atoms. The van der Waals surface area contributed by atoms with Crippen LogP contribution in [0.15, 0.2) is 16.9 Å². The zero-order valence-electron chi connectivity index (χ0n) is 8.96. The second kappa shape index (κ2) is 7.48. The van der Waals surface area contributed by atoms with E-state index in [0.29, 0.717) is 11.7 Å². The molecule has 0 amide bonds. The first-order valence-corrected chi connectivity index (χ1v) is 6.05. The van der Waals surface area contributed by atoms with E-state index in [9.17, 15) is 0 Å². The molecule has 7 heteroatoms. The van der Waals surface area contributed by atoms with E-state index in [4.69, 9.17) is 12.2 Å². The molecule has 0 radical (unpaired) electrons. The van der Waals surface area contributed by atoms with Gasteiger partial charge in [-0.1, -0.05) is 0 Å². The molecule has 0 atom stereocenters. The second-order valence-electron chi connectivity index (χ2n) is 3.00. The van der Waals surface area contributed by atoms with Crippen LogP contribution in [0.4, 0.5) is 0 Å². The van der Waals surface area contributed by atoms with E-state index in [2.05, 4.69) is 41.8 Å². The molecule has 1 aromatic heterocycles. The molecule has 88 valence electrons. The lowest BCUT2D eigenvalue weighted by molar-refractivity contribution is 0.646. The summed E-state index contributed by atoms with van der Waals surface area (Å²) >= 11 is 8.22. The smallest absolute Gasteiger partial charge is 0.166 e. The summed E-state index contributed by atoms with van der Waals surface area (Å²) in [6, 6.07) is 0. The highest BCUT2D eigenvalue weighted by Crippen LogP contribution is 2.03. The summed E-state index contributed by atoms with van der Waals surface area (Å²) in [5.41, 5.74) is 0. The van der Waals surface area contributed by atoms with Crippen molar-refractivity contribution in [3.05, 3.63) is 22.7 Å². The first-order chi connectivity index (χ1) is 7.72. The number of nitrogens with one attached hydrogen (secondary N) is 3. The summed E-state index contributed by atoms with van der Waals surface area (Å²) < 4.78 is 0.886. The van der Waals surface area contributed by atoms with Gasteiger partial charge in [-0.2, -0.15) is 0 Å². The Balaban J connectivity index is 2.11. The third-order valence-corrected chi connectivity index (χ3v) is 2.53. The fraction of sp³-hybridized carbons (Fsp3) is 0.444. The van der Waals surface area contributed by atoms with E-state index in [-0.39, 0.29) is 0 Å². The second-order valence-corrected chi connectivity index (χ2v) is 4.32. The lowest BCUT2D eigenvalue weighted by Crippen LogP contribution is -2.37. The molecule has 0 aromatic carbocycles. The van der Waals surface area contributed by atoms with Gasteiger partial charge >= 0.3 is 0 Å². The predicted octanol–water partition coefficient (Wildman–Crippen LogP) is 0.423. The largest absolute Gasteiger partial charge is 0.366 e. The van der Waals surface area contributed by atoms with Gasteiger partial charge in [0, 0.05) is 32.5 Å². The Morgan fingerprint density at radius 1 is 1.38 bits per heavy atom. The van der Waals surface area contributed by atoms with Gasteiger partial charge in [0.25, 0.3) is 0 Å². The summed E-state index contributed by atoms with van der Waals surface area (Å²) in [5, 5.41) is 9.74. The van der Waals surface area contributed by atoms with E-state index in [0.717, 1.165) is 23.4 Å². The quantitative estimate of drug-likeness (QED) is 0.541. The molecule has 0 bridgehead atoms. The molecule has 0 saturated heterocycles. The van der Waals surface area contributed by atoms with Crippen LogP contribution in [0.25, 0.3) is 0 Å². The van der Waals surface area contributed by atoms with E-state index in [1.165, 1.54) is 0 Å². The van der Waals surface area contributed by atoms with Crippen LogP contribution in [0, 0.1) is 0 Å². The molecule has 1 aromatic rings. The Morgan fingerprint density at radius 2 is 2.06 bits per heavy atom. The van der Waals surface area contributed by atoms with Crippen molar-refractivity contribution in [3.8, 4) is 0 Å². The minimum atomic E-state index is 0.654. The Hall–Kier alpha value is -0.790. The van der Waals surface area contributed by atoms with Crippen LogP contribution in [0.5, 0.6) is 0 Å². The Kier molecular flexibility index (Phi) is 6.20. The zero-order chi connectivity index (χ0) is 11.8. The third kappa shape index (κ3) is 5.34. The molecule has 0 fully saturated rings. The minimum absolute atomic E-state index is 0.654. The van der Waals surface area contributed by atoms with Crippen LogP contribution in [0.3, 0.4) is 0 Å². The first kappa shape index (κ1) is 13.3. The summed E-state index contributed by atoms with van der Waals surface area (Å²) in [4.78, 5) is 8.30. The van der Waals surface area contributed by atoms with Gasteiger partial charge in [0.15, 0.2) is 5.11 Å². The number of hydrogen-bond acceptors (Lipinski definition) is 4. The van der Waals surface area contributed by atoms with Crippen molar-refractivity contribution in [2.75, 3.05) is 20.1 Å². The number of thiocarbonyl (C=S) groups is 1. The fourth-order valence-electron chi connectivity index (χ4n) is 0.983. The SMILES string of the molecule is CNC(=S)NCCNCc1ncc(Br)cn1. The van der Waals surface area contributed by atoms with Crippen molar-refractivity contribution < 1.29 is 0 Å². The molecule has 0 unspecified atom stereocenters. The molecular formula is C9H14BrN5S. The summed E-state index contributed by atoms with van der Waals surface area (Å²) in [6.07, 6.45) is 3.47. The molecule has 0 saturated carbocycles. The van der Waals surface area contributed by atoms with Gasteiger partial charge in [-0.3, -0.25) is 0 Å². The number of aromatic nitrogens is 2. The van der Waals surface area contributed by atoms with Crippen LogP contribution in [-0.4, -0.2) is 35.2 Å². The molecule has 0 aliphatic carbocycles. The standard InChI is InChI=1S/C9H14BrN5S/c1-11-9(16)13-3-2-12-6-8-14-4-7(10)5-15-8/h4-5,12H,2-3,6H2,1H3,(H2,11,13,16). The van der Waals surface area contributed by atoms with Crippen LogP contribution in [0.1, 0.15) is 5.82 Å². The van der Waals surface area contributed by atoms with Crippen LogP contribution in [0.2, 0.25) is 0 Å². The molecule has 1 rings (SSSR count). The average molecular weight is 304 g/mol. The summed E-state index contributed by atoms with van der Waals surface area (Å²) in [6.45, 7) is 2.23. The van der Waals surface area contributed by atoms with Gasteiger partial charge in [-0.05, 0) is 28.1 Å². The number of hydrogen-bond donors (Lipinski definition) is 3. The zero-order valence-corrected chi connectivity index (χ0v) is 11.4. The van der Waals surface area contributed by atoms with Crippen LogP contribution >= 0.6 is 28.1 Å². The van der Waals surface area contributed by atoms with E-state index in [1.807, 2.05) is 0 Å². The van der Waals surface area contributed by atoms with E-state index >= 15 is 0 Å². The topological polar surface area (TPSA) is 61.9 Å². The molecule has 5 nitrogen and oxygen atoms in total. The molecule has 0 aliphatic heterocycles. The Morgan fingerprint density at radius 3 is 2.69 bits per heavy atom. The van der Waals surface area contributed by atoms with Gasteiger partial charge in [0.2, 0.25) is 0 Å². The minimum Gasteiger partial charge on any atom is -0.366 e. The Bertz CT molecular complexity index is 329. The average Bonchev–Trinajstić information content (AvgIpc) is 2.31. The Labute approximate surface area is 109 Å². The first-order valence-electron chi connectivity index (χ1n) is 4.85. The van der Waals surface area contributed by atoms with E-state index in [1.54, 1.807) is 19.4 Å². The molecule has 0 aliphatic rings. The van der Waals surface area contributed by atoms with Gasteiger partial charge < -0.3 is 16.0 Å². The van der Waals surface area contributed by atoms with E-state index < -0.39 is 0 Å². The highest BCUT2D eigenvalue weighted by atomic mass is 79.9. The number of rotatable bonds is 5. The maximum atomic E-state index is 4.93. The maximum absolute atomic E-state index is 4.93. The molecule has 16 heavy (non-hydrogen) atoms. The maximum Gasteiger partial charge on any atom is 0.166 e. The molecule has 3 N–H and O–H groups in total. The highest BCUT2D eigenvalue weighted by molar-refractivity contribution is 9.10. The normalized spacial score (nSPS) is 9.88. The highest BCUT2D eigenvalue weighted by Gasteiger charge is 1.95. The lowest BCUT2D eigenvalue weighted by Gasteiger charge is -2.07. The van der Waals surface area contributed by atoms with Crippen LogP contribution < -0.4 is 16.0 Å². The van der Waals surface area contributed by atoms with Gasteiger partial charge in [0.05, 0.1) is 11.0 Å². The fourth-order valence-corrected chi connectivity index (χ4v) is 1.29. The van der Waals surface area contributed by atoms with Crippen molar-refractivity contribution in [1.82, 2.24) is 25.9 Å².